The maximum absolute atomic E-state index is 4.70. The molecular weight excluding hydrogens is 765 g/mol. The Hall–Kier alpha value is -8.79. The number of imidazole rings is 2. The molecule has 12 aromatic rings. The third kappa shape index (κ3) is 6.88. The van der Waals surface area contributed by atoms with Gasteiger partial charge in [0.05, 0.1) is 40.2 Å². The van der Waals surface area contributed by atoms with Gasteiger partial charge in [0.25, 0.3) is 0 Å². The third-order valence-corrected chi connectivity index (χ3v) is 10.0. The Morgan fingerprint density at radius 2 is 1.11 bits per heavy atom. The highest BCUT2D eigenvalue weighted by molar-refractivity contribution is 5.99. The predicted octanol–water partition coefficient (Wildman–Crippen LogP) is 9.00. The minimum absolute atomic E-state index is 0.632. The van der Waals surface area contributed by atoms with Gasteiger partial charge in [0.1, 0.15) is 11.4 Å². The molecule has 12 rings (SSSR count). The fourth-order valence-corrected chi connectivity index (χ4v) is 7.17. The van der Waals surface area contributed by atoms with Crippen LogP contribution >= 0.6 is 0 Å². The monoisotopic (exact) mass is 798 g/mol. The van der Waals surface area contributed by atoms with Gasteiger partial charge in [-0.15, -0.1) is 0 Å². The van der Waals surface area contributed by atoms with E-state index in [1.54, 1.807) is 55.8 Å². The van der Waals surface area contributed by atoms with Crippen LogP contribution in [0, 0.1) is 0 Å². The molecule has 0 unspecified atom stereocenters. The summed E-state index contributed by atoms with van der Waals surface area (Å²) in [6, 6.07) is 23.9. The van der Waals surface area contributed by atoms with Crippen LogP contribution < -0.4 is 0 Å². The first-order valence-electron chi connectivity index (χ1n) is 19.5. The fourth-order valence-electron chi connectivity index (χ4n) is 7.17. The van der Waals surface area contributed by atoms with Crippen LogP contribution in [-0.4, -0.2) is 80.4 Å². The van der Waals surface area contributed by atoms with E-state index in [2.05, 4.69) is 76.5 Å². The zero-order valence-electron chi connectivity index (χ0n) is 32.7. The van der Waals surface area contributed by atoms with Crippen molar-refractivity contribution in [3.8, 4) is 67.7 Å². The van der Waals surface area contributed by atoms with E-state index >= 15 is 0 Å². The summed E-state index contributed by atoms with van der Waals surface area (Å²) < 4.78 is 0. The Labute approximate surface area is 346 Å². The van der Waals surface area contributed by atoms with Crippen LogP contribution in [0.15, 0.2) is 141 Å². The lowest BCUT2D eigenvalue weighted by Crippen LogP contribution is -1.85. The molecule has 0 aliphatic rings. The van der Waals surface area contributed by atoms with E-state index in [1.165, 1.54) is 0 Å². The number of pyridine rings is 4. The second-order valence-electron chi connectivity index (χ2n) is 13.5. The first-order valence-corrected chi connectivity index (χ1v) is 19.5. The fraction of sp³-hybridized carbons (Fsp3) is 0.0444. The molecule has 0 fully saturated rings. The maximum atomic E-state index is 4.70. The minimum Gasteiger partial charge on any atom is -0.335 e. The Morgan fingerprint density at radius 3 is 1.72 bits per heavy atom. The van der Waals surface area contributed by atoms with Crippen LogP contribution in [0.5, 0.6) is 0 Å². The molecule has 0 aliphatic heterocycles. The van der Waals surface area contributed by atoms with E-state index in [-0.39, 0.29) is 0 Å². The lowest BCUT2D eigenvalue weighted by Gasteiger charge is -2.01. The lowest BCUT2D eigenvalue weighted by atomic mass is 10.1. The molecule has 10 aromatic heterocycles. The van der Waals surface area contributed by atoms with Crippen molar-refractivity contribution in [2.45, 2.75) is 13.8 Å². The zero-order chi connectivity index (χ0) is 41.1. The van der Waals surface area contributed by atoms with Crippen LogP contribution in [0.1, 0.15) is 13.8 Å². The standard InChI is InChI=1S/C22H14N8.C21H14N8.C2H6/c1-2-14(11-23-6-1)15-5-7-26-21-19(15)27-22(28-21)20-16-10-13(3-4-17(16)29-30-20)18-12-24-8-9-25-18;1-2-17-16(9-13(1)14-10-24-25-11-14)19(29-28-17)21-26-18-15(5-8-23-20(18)27-21)12-3-6-22-7-4-12;1-2/h1-12H,(H,29,30)(H,26,27,28);1-11H,(H,24,25)(H,28,29)(H,23,26,27);1-2H3. The van der Waals surface area contributed by atoms with Crippen LogP contribution in [0.25, 0.3) is 112 Å². The van der Waals surface area contributed by atoms with E-state index in [0.717, 1.165) is 88.9 Å². The molecule has 5 N–H and O–H groups in total. The van der Waals surface area contributed by atoms with Gasteiger partial charge < -0.3 is 9.97 Å². The molecule has 2 aromatic carbocycles. The van der Waals surface area contributed by atoms with Crippen molar-refractivity contribution in [1.29, 1.82) is 0 Å². The minimum atomic E-state index is 0.632. The molecule has 61 heavy (non-hydrogen) atoms. The highest BCUT2D eigenvalue weighted by Crippen LogP contribution is 2.34. The van der Waals surface area contributed by atoms with Crippen molar-refractivity contribution in [2.75, 3.05) is 0 Å². The SMILES string of the molecule is CC.c1cc(-c2ccnc3nc(-c4n[nH]c5ccc(-c6cn[nH]c6)cc45)[nH]c23)ccn1.c1cncc(-c2ccnc3nc(-c4n[nH]c5ccc(-c6cnccn6)cc45)[nH]c23)c1. The smallest absolute Gasteiger partial charge is 0.178 e. The zero-order valence-corrected chi connectivity index (χ0v) is 32.7. The quantitative estimate of drug-likeness (QED) is 0.107. The normalized spacial score (nSPS) is 11.1. The first-order chi connectivity index (χ1) is 30.2. The van der Waals surface area contributed by atoms with Crippen molar-refractivity contribution in [1.82, 2.24) is 80.4 Å². The Kier molecular flexibility index (Phi) is 9.50. The van der Waals surface area contributed by atoms with Gasteiger partial charge in [0.2, 0.25) is 0 Å². The number of fused-ring (bicyclic) bond motifs is 4. The molecule has 0 atom stereocenters. The molecule has 10 heterocycles. The van der Waals surface area contributed by atoms with E-state index in [4.69, 9.17) is 9.97 Å². The Morgan fingerprint density at radius 1 is 0.475 bits per heavy atom. The number of aromatic amines is 5. The second kappa shape index (κ2) is 15.9. The summed E-state index contributed by atoms with van der Waals surface area (Å²) in [5, 5.41) is 24.0. The second-order valence-corrected chi connectivity index (χ2v) is 13.5. The lowest BCUT2D eigenvalue weighted by molar-refractivity contribution is 1.09. The third-order valence-electron chi connectivity index (χ3n) is 10.0. The number of H-pyrrole nitrogens is 5. The number of nitrogens with zero attached hydrogens (tertiary/aromatic N) is 11. The maximum Gasteiger partial charge on any atom is 0.178 e. The predicted molar refractivity (Wildman–Crippen MR) is 234 cm³/mol. The topological polar surface area (TPSA) is 221 Å². The van der Waals surface area contributed by atoms with Crippen molar-refractivity contribution in [3.05, 3.63) is 141 Å². The van der Waals surface area contributed by atoms with Crippen molar-refractivity contribution in [3.63, 3.8) is 0 Å². The van der Waals surface area contributed by atoms with Gasteiger partial charge in [0, 0.05) is 94.4 Å². The molecule has 16 nitrogen and oxygen atoms in total. The Bertz CT molecular complexity index is 3390. The van der Waals surface area contributed by atoms with E-state index in [0.29, 0.717) is 22.9 Å². The number of benzene rings is 2. The Balaban J connectivity index is 0.000000141. The van der Waals surface area contributed by atoms with Crippen LogP contribution in [0.2, 0.25) is 0 Å². The number of aromatic nitrogens is 16. The van der Waals surface area contributed by atoms with E-state index in [9.17, 15) is 0 Å². The average Bonchev–Trinajstić information content (AvgIpc) is 4.19. The van der Waals surface area contributed by atoms with Crippen LogP contribution in [0.3, 0.4) is 0 Å². The van der Waals surface area contributed by atoms with Gasteiger partial charge in [-0.05, 0) is 65.7 Å². The molecule has 294 valence electrons. The summed E-state index contributed by atoms with van der Waals surface area (Å²) in [6.45, 7) is 4.00. The number of hydrogen-bond donors (Lipinski definition) is 5. The summed E-state index contributed by atoms with van der Waals surface area (Å²) in [5.74, 6) is 1.32. The molecule has 0 radical (unpaired) electrons. The molecular formula is C45H34N16. The largest absolute Gasteiger partial charge is 0.335 e. The van der Waals surface area contributed by atoms with E-state index < -0.39 is 0 Å². The first kappa shape index (κ1) is 36.5. The number of nitrogens with one attached hydrogen (secondary N) is 5. The van der Waals surface area contributed by atoms with Gasteiger partial charge >= 0.3 is 0 Å². The highest BCUT2D eigenvalue weighted by Gasteiger charge is 2.18. The molecule has 16 heteroatoms. The van der Waals surface area contributed by atoms with Gasteiger partial charge in [-0.1, -0.05) is 32.0 Å². The number of hydrogen-bond acceptors (Lipinski definition) is 11. The molecule has 0 saturated carbocycles. The van der Waals surface area contributed by atoms with Crippen LogP contribution in [-0.2, 0) is 0 Å². The summed E-state index contributed by atoms with van der Waals surface area (Å²) in [4.78, 5) is 41.9. The molecule has 0 spiro atoms. The molecule has 0 saturated heterocycles. The molecule has 0 bridgehead atoms. The summed E-state index contributed by atoms with van der Waals surface area (Å²) in [6.07, 6.45) is 19.4. The summed E-state index contributed by atoms with van der Waals surface area (Å²) >= 11 is 0. The van der Waals surface area contributed by atoms with Gasteiger partial charge in [-0.3, -0.25) is 35.2 Å². The molecule has 0 aliphatic carbocycles. The van der Waals surface area contributed by atoms with Crippen LogP contribution in [0.4, 0.5) is 0 Å². The number of rotatable bonds is 6. The van der Waals surface area contributed by atoms with Gasteiger partial charge in [-0.2, -0.15) is 15.3 Å². The van der Waals surface area contributed by atoms with Gasteiger partial charge in [0.15, 0.2) is 22.9 Å². The van der Waals surface area contributed by atoms with Crippen molar-refractivity contribution in [2.24, 2.45) is 0 Å². The summed E-state index contributed by atoms with van der Waals surface area (Å²) in [5.41, 5.74) is 14.2. The van der Waals surface area contributed by atoms with Gasteiger partial charge in [-0.25, -0.2) is 19.9 Å². The van der Waals surface area contributed by atoms with E-state index in [1.807, 2.05) is 93.0 Å². The van der Waals surface area contributed by atoms with Crippen molar-refractivity contribution < 1.29 is 0 Å². The van der Waals surface area contributed by atoms with Crippen molar-refractivity contribution >= 4 is 44.1 Å². The highest BCUT2D eigenvalue weighted by atomic mass is 15.2. The summed E-state index contributed by atoms with van der Waals surface area (Å²) in [7, 11) is 0. The molecule has 0 amide bonds. The average molecular weight is 799 g/mol.